The molecule has 1 saturated carbocycles. The average Bonchev–Trinajstić information content (AvgIpc) is 2.72. The van der Waals surface area contributed by atoms with E-state index < -0.39 is 11.9 Å². The van der Waals surface area contributed by atoms with Gasteiger partial charge in [0.15, 0.2) is 0 Å². The van der Waals surface area contributed by atoms with E-state index in [1.54, 1.807) is 0 Å². The standard InChI is InChI=1S/C13H22N2O4/c1-13(2,3)15-10(16)7-14-11(17)8-4-5-9(6-8)12(18)19/h8-9H,4-7H2,1-3H3,(H,14,17)(H,15,16)(H,18,19). The van der Waals surface area contributed by atoms with Gasteiger partial charge in [0.2, 0.25) is 11.8 Å². The Bertz CT molecular complexity index is 373. The van der Waals surface area contributed by atoms with Gasteiger partial charge in [-0.05, 0) is 40.0 Å². The Kier molecular flexibility index (Phi) is 4.91. The molecule has 0 aliphatic heterocycles. The molecular formula is C13H22N2O4. The van der Waals surface area contributed by atoms with Crippen molar-refractivity contribution in [2.75, 3.05) is 6.54 Å². The Morgan fingerprint density at radius 2 is 1.74 bits per heavy atom. The van der Waals surface area contributed by atoms with Crippen LogP contribution in [0.25, 0.3) is 0 Å². The first-order valence-corrected chi connectivity index (χ1v) is 6.50. The second-order valence-corrected chi connectivity index (χ2v) is 6.06. The minimum atomic E-state index is -0.847. The minimum absolute atomic E-state index is 0.0651. The van der Waals surface area contributed by atoms with E-state index in [0.717, 1.165) is 0 Å². The van der Waals surface area contributed by atoms with Gasteiger partial charge in [-0.15, -0.1) is 0 Å². The Hall–Kier alpha value is -1.59. The second-order valence-electron chi connectivity index (χ2n) is 6.06. The predicted molar refractivity (Wildman–Crippen MR) is 69.4 cm³/mol. The molecule has 6 nitrogen and oxygen atoms in total. The highest BCUT2D eigenvalue weighted by atomic mass is 16.4. The topological polar surface area (TPSA) is 95.5 Å². The van der Waals surface area contributed by atoms with Crippen LogP contribution in [0.1, 0.15) is 40.0 Å². The molecule has 2 atom stereocenters. The van der Waals surface area contributed by atoms with Gasteiger partial charge in [-0.1, -0.05) is 0 Å². The molecule has 0 aromatic heterocycles. The molecule has 0 aromatic rings. The minimum Gasteiger partial charge on any atom is -0.481 e. The maximum absolute atomic E-state index is 11.8. The fraction of sp³-hybridized carbons (Fsp3) is 0.769. The van der Waals surface area contributed by atoms with Gasteiger partial charge >= 0.3 is 5.97 Å². The van der Waals surface area contributed by atoms with Crippen molar-refractivity contribution in [1.82, 2.24) is 10.6 Å². The lowest BCUT2D eigenvalue weighted by molar-refractivity contribution is -0.141. The monoisotopic (exact) mass is 270 g/mol. The van der Waals surface area contributed by atoms with Crippen LogP contribution in [0, 0.1) is 11.8 Å². The van der Waals surface area contributed by atoms with E-state index in [1.807, 2.05) is 20.8 Å². The highest BCUT2D eigenvalue weighted by molar-refractivity contribution is 5.86. The number of nitrogens with one attached hydrogen (secondary N) is 2. The first kappa shape index (κ1) is 15.5. The zero-order chi connectivity index (χ0) is 14.6. The SMILES string of the molecule is CC(C)(C)NC(=O)CNC(=O)C1CCC(C(=O)O)C1. The molecule has 1 rings (SSSR count). The summed E-state index contributed by atoms with van der Waals surface area (Å²) >= 11 is 0. The lowest BCUT2D eigenvalue weighted by atomic mass is 10.0. The molecule has 3 N–H and O–H groups in total. The molecule has 1 aliphatic carbocycles. The molecule has 0 heterocycles. The zero-order valence-corrected chi connectivity index (χ0v) is 11.7. The molecule has 0 saturated heterocycles. The normalized spacial score (nSPS) is 22.9. The third-order valence-corrected chi connectivity index (χ3v) is 3.09. The molecule has 1 fully saturated rings. The zero-order valence-electron chi connectivity index (χ0n) is 11.7. The maximum Gasteiger partial charge on any atom is 0.306 e. The average molecular weight is 270 g/mol. The van der Waals surface area contributed by atoms with E-state index in [9.17, 15) is 14.4 Å². The van der Waals surface area contributed by atoms with E-state index >= 15 is 0 Å². The molecule has 0 aromatic carbocycles. The summed E-state index contributed by atoms with van der Waals surface area (Å²) in [5.41, 5.74) is -0.330. The van der Waals surface area contributed by atoms with Gasteiger partial charge in [0.1, 0.15) is 0 Å². The molecule has 0 bridgehead atoms. The number of hydrogen-bond donors (Lipinski definition) is 3. The van der Waals surface area contributed by atoms with Gasteiger partial charge in [0, 0.05) is 11.5 Å². The van der Waals surface area contributed by atoms with Gasteiger partial charge < -0.3 is 15.7 Å². The molecule has 0 spiro atoms. The van der Waals surface area contributed by atoms with E-state index in [2.05, 4.69) is 10.6 Å². The summed E-state index contributed by atoms with van der Waals surface area (Å²) in [6.45, 7) is 5.52. The number of hydrogen-bond acceptors (Lipinski definition) is 3. The summed E-state index contributed by atoms with van der Waals surface area (Å²) in [6.07, 6.45) is 1.47. The third-order valence-electron chi connectivity index (χ3n) is 3.09. The van der Waals surface area contributed by atoms with E-state index in [-0.39, 0.29) is 29.8 Å². The summed E-state index contributed by atoms with van der Waals surface area (Å²) in [5, 5.41) is 14.2. The van der Waals surface area contributed by atoms with Crippen molar-refractivity contribution in [1.29, 1.82) is 0 Å². The Balaban J connectivity index is 2.33. The van der Waals surface area contributed by atoms with Crippen molar-refractivity contribution in [2.45, 2.75) is 45.6 Å². The Labute approximate surface area is 112 Å². The predicted octanol–water partition coefficient (Wildman–Crippen LogP) is 0.518. The van der Waals surface area contributed by atoms with Crippen molar-refractivity contribution in [2.24, 2.45) is 11.8 Å². The molecular weight excluding hydrogens is 248 g/mol. The van der Waals surface area contributed by atoms with Crippen molar-refractivity contribution in [3.63, 3.8) is 0 Å². The number of carbonyl (C=O) groups excluding carboxylic acids is 2. The van der Waals surface area contributed by atoms with Crippen molar-refractivity contribution < 1.29 is 19.5 Å². The first-order valence-electron chi connectivity index (χ1n) is 6.50. The first-order chi connectivity index (χ1) is 8.69. The summed E-state index contributed by atoms with van der Waals surface area (Å²) in [6, 6.07) is 0. The van der Waals surface area contributed by atoms with Crippen molar-refractivity contribution in [3.8, 4) is 0 Å². The fourth-order valence-electron chi connectivity index (χ4n) is 2.22. The van der Waals surface area contributed by atoms with Crippen LogP contribution in [-0.2, 0) is 14.4 Å². The second kappa shape index (κ2) is 6.04. The molecule has 108 valence electrons. The summed E-state index contributed by atoms with van der Waals surface area (Å²) in [7, 11) is 0. The maximum atomic E-state index is 11.8. The van der Waals surface area contributed by atoms with Gasteiger partial charge in [-0.25, -0.2) is 0 Å². The van der Waals surface area contributed by atoms with Crippen LogP contribution >= 0.6 is 0 Å². The number of carboxylic acids is 1. The molecule has 1 aliphatic rings. The molecule has 2 unspecified atom stereocenters. The van der Waals surface area contributed by atoms with Crippen LogP contribution in [-0.4, -0.2) is 35.0 Å². The summed E-state index contributed by atoms with van der Waals surface area (Å²) < 4.78 is 0. The largest absolute Gasteiger partial charge is 0.481 e. The number of carbonyl (C=O) groups is 3. The van der Waals surface area contributed by atoms with Gasteiger partial charge in [0.05, 0.1) is 12.5 Å². The Morgan fingerprint density at radius 3 is 2.21 bits per heavy atom. The van der Waals surface area contributed by atoms with Crippen LogP contribution in [0.15, 0.2) is 0 Å². The third kappa shape index (κ3) is 5.28. The quantitative estimate of drug-likeness (QED) is 0.694. The van der Waals surface area contributed by atoms with Gasteiger partial charge in [-0.3, -0.25) is 14.4 Å². The molecule has 0 radical (unpaired) electrons. The summed E-state index contributed by atoms with van der Waals surface area (Å²) in [4.78, 5) is 34.1. The van der Waals surface area contributed by atoms with E-state index in [0.29, 0.717) is 19.3 Å². The Morgan fingerprint density at radius 1 is 1.16 bits per heavy atom. The van der Waals surface area contributed by atoms with E-state index in [4.69, 9.17) is 5.11 Å². The lowest BCUT2D eigenvalue weighted by Gasteiger charge is -2.21. The number of carboxylic acid groups (broad SMARTS) is 1. The fourth-order valence-corrected chi connectivity index (χ4v) is 2.22. The van der Waals surface area contributed by atoms with Crippen molar-refractivity contribution in [3.05, 3.63) is 0 Å². The van der Waals surface area contributed by atoms with Gasteiger partial charge in [-0.2, -0.15) is 0 Å². The van der Waals surface area contributed by atoms with Crippen LogP contribution < -0.4 is 10.6 Å². The summed E-state index contributed by atoms with van der Waals surface area (Å²) in [5.74, 6) is -2.04. The number of aliphatic carboxylic acids is 1. The van der Waals surface area contributed by atoms with E-state index in [1.165, 1.54) is 0 Å². The van der Waals surface area contributed by atoms with Crippen LogP contribution in [0.2, 0.25) is 0 Å². The smallest absolute Gasteiger partial charge is 0.306 e. The highest BCUT2D eigenvalue weighted by Crippen LogP contribution is 2.30. The van der Waals surface area contributed by atoms with Crippen molar-refractivity contribution >= 4 is 17.8 Å². The highest BCUT2D eigenvalue weighted by Gasteiger charge is 2.33. The lowest BCUT2D eigenvalue weighted by Crippen LogP contribution is -2.46. The van der Waals surface area contributed by atoms with Crippen LogP contribution in [0.3, 0.4) is 0 Å². The molecule has 2 amide bonds. The van der Waals surface area contributed by atoms with Crippen LogP contribution in [0.5, 0.6) is 0 Å². The molecule has 6 heteroatoms. The van der Waals surface area contributed by atoms with Gasteiger partial charge in [0.25, 0.3) is 0 Å². The van der Waals surface area contributed by atoms with Crippen LogP contribution in [0.4, 0.5) is 0 Å². The number of amides is 2. The molecule has 19 heavy (non-hydrogen) atoms. The number of rotatable bonds is 4.